The van der Waals surface area contributed by atoms with Gasteiger partial charge in [0, 0.05) is 5.38 Å². The molecular formula is C22H17F6N3O2S. The summed E-state index contributed by atoms with van der Waals surface area (Å²) in [5.41, 5.74) is 0.974. The molecular weight excluding hydrogens is 484 g/mol. The van der Waals surface area contributed by atoms with Gasteiger partial charge in [-0.2, -0.15) is 31.4 Å². The highest BCUT2D eigenvalue weighted by Gasteiger charge is 2.37. The molecule has 0 aliphatic heterocycles. The van der Waals surface area contributed by atoms with Crippen LogP contribution in [0.3, 0.4) is 0 Å². The fourth-order valence-electron chi connectivity index (χ4n) is 2.84. The lowest BCUT2D eigenvalue weighted by Crippen LogP contribution is -2.11. The number of nitrogens with zero attached hydrogens (tertiary/aromatic N) is 2. The van der Waals surface area contributed by atoms with E-state index in [-0.39, 0.29) is 30.2 Å². The van der Waals surface area contributed by atoms with Crippen LogP contribution >= 0.6 is 11.3 Å². The minimum absolute atomic E-state index is 0.0305. The Morgan fingerprint density at radius 3 is 2.21 bits per heavy atom. The number of hydrazone groups is 1. The van der Waals surface area contributed by atoms with Gasteiger partial charge < -0.3 is 4.74 Å². The van der Waals surface area contributed by atoms with Crippen LogP contribution in [-0.4, -0.2) is 23.8 Å². The van der Waals surface area contributed by atoms with E-state index in [0.717, 1.165) is 0 Å². The molecule has 0 aliphatic rings. The van der Waals surface area contributed by atoms with E-state index < -0.39 is 29.4 Å². The van der Waals surface area contributed by atoms with Gasteiger partial charge in [0.1, 0.15) is 0 Å². The number of aromatic nitrogens is 1. The van der Waals surface area contributed by atoms with Gasteiger partial charge in [-0.25, -0.2) is 4.98 Å². The number of benzene rings is 2. The molecule has 0 radical (unpaired) electrons. The Labute approximate surface area is 194 Å². The molecule has 0 spiro atoms. The van der Waals surface area contributed by atoms with Crippen molar-refractivity contribution in [1.29, 1.82) is 0 Å². The fourth-order valence-corrected chi connectivity index (χ4v) is 3.50. The number of halogens is 6. The van der Waals surface area contributed by atoms with Crippen LogP contribution in [0, 0.1) is 0 Å². The monoisotopic (exact) mass is 501 g/mol. The second kappa shape index (κ2) is 10.2. The van der Waals surface area contributed by atoms with Crippen molar-refractivity contribution >= 4 is 28.7 Å². The molecule has 3 rings (SSSR count). The number of carbonyl (C=O) groups is 1. The summed E-state index contributed by atoms with van der Waals surface area (Å²) >= 11 is 1.22. The number of hydrogen-bond donors (Lipinski definition) is 1. The third kappa shape index (κ3) is 6.80. The lowest BCUT2D eigenvalue weighted by atomic mass is 9.98. The zero-order valence-corrected chi connectivity index (χ0v) is 18.3. The van der Waals surface area contributed by atoms with E-state index in [9.17, 15) is 31.1 Å². The second-order valence-electron chi connectivity index (χ2n) is 6.91. The van der Waals surface area contributed by atoms with Crippen LogP contribution in [0.15, 0.2) is 52.9 Å². The van der Waals surface area contributed by atoms with Gasteiger partial charge in [-0.1, -0.05) is 24.3 Å². The largest absolute Gasteiger partial charge is 0.466 e. The fraction of sp³-hybridized carbons (Fsp3) is 0.227. The number of esters is 1. The number of thiazole rings is 1. The van der Waals surface area contributed by atoms with Crippen LogP contribution in [0.5, 0.6) is 0 Å². The molecule has 2 aromatic carbocycles. The van der Waals surface area contributed by atoms with E-state index in [1.165, 1.54) is 41.8 Å². The predicted octanol–water partition coefficient (Wildman–Crippen LogP) is 6.40. The van der Waals surface area contributed by atoms with E-state index >= 15 is 0 Å². The highest BCUT2D eigenvalue weighted by molar-refractivity contribution is 7.13. The first-order valence-electron chi connectivity index (χ1n) is 9.74. The lowest BCUT2D eigenvalue weighted by Gasteiger charge is -2.14. The molecule has 1 N–H and O–H groups in total. The Balaban J connectivity index is 1.71. The average molecular weight is 501 g/mol. The van der Waals surface area contributed by atoms with Crippen molar-refractivity contribution in [3.63, 3.8) is 0 Å². The van der Waals surface area contributed by atoms with Crippen molar-refractivity contribution in [2.45, 2.75) is 25.7 Å². The Morgan fingerprint density at radius 2 is 1.65 bits per heavy atom. The van der Waals surface area contributed by atoms with Crippen LogP contribution < -0.4 is 5.43 Å². The number of hydrogen-bond acceptors (Lipinski definition) is 6. The Hall–Kier alpha value is -3.41. The van der Waals surface area contributed by atoms with E-state index in [1.54, 1.807) is 12.3 Å². The summed E-state index contributed by atoms with van der Waals surface area (Å²) < 4.78 is 83.3. The van der Waals surface area contributed by atoms with Crippen molar-refractivity contribution in [3.8, 4) is 11.1 Å². The van der Waals surface area contributed by atoms with Crippen LogP contribution in [0.1, 0.15) is 29.3 Å². The molecule has 0 unspecified atom stereocenters. The molecule has 1 heterocycles. The molecule has 0 saturated heterocycles. The second-order valence-corrected chi connectivity index (χ2v) is 7.77. The molecule has 0 aliphatic carbocycles. The summed E-state index contributed by atoms with van der Waals surface area (Å²) in [6.07, 6.45) is -8.40. The van der Waals surface area contributed by atoms with Gasteiger partial charge in [0.25, 0.3) is 0 Å². The van der Waals surface area contributed by atoms with Crippen molar-refractivity contribution < 1.29 is 35.9 Å². The number of nitrogens with one attached hydrogen (secondary N) is 1. The molecule has 3 aromatic rings. The molecule has 180 valence electrons. The van der Waals surface area contributed by atoms with Crippen LogP contribution in [0.4, 0.5) is 31.5 Å². The van der Waals surface area contributed by atoms with E-state index in [4.69, 9.17) is 4.74 Å². The van der Waals surface area contributed by atoms with E-state index in [0.29, 0.717) is 28.5 Å². The summed E-state index contributed by atoms with van der Waals surface area (Å²) in [7, 11) is 0. The Morgan fingerprint density at radius 1 is 1.03 bits per heavy atom. The third-order valence-corrected chi connectivity index (χ3v) is 5.18. The Kier molecular flexibility index (Phi) is 7.60. The van der Waals surface area contributed by atoms with Crippen LogP contribution in [0.2, 0.25) is 0 Å². The zero-order chi connectivity index (χ0) is 24.9. The van der Waals surface area contributed by atoms with Gasteiger partial charge in [-0.3, -0.25) is 10.2 Å². The van der Waals surface area contributed by atoms with Crippen molar-refractivity contribution in [2.75, 3.05) is 12.0 Å². The van der Waals surface area contributed by atoms with Gasteiger partial charge in [-0.05, 0) is 41.8 Å². The summed E-state index contributed by atoms with van der Waals surface area (Å²) in [4.78, 5) is 15.6. The first-order valence-corrected chi connectivity index (χ1v) is 10.6. The number of carbonyl (C=O) groups excluding carboxylic acids is 1. The molecule has 12 heteroatoms. The lowest BCUT2D eigenvalue weighted by molar-refractivity contribution is -0.144. The van der Waals surface area contributed by atoms with Gasteiger partial charge >= 0.3 is 18.3 Å². The van der Waals surface area contributed by atoms with Gasteiger partial charge in [0.2, 0.25) is 5.13 Å². The highest BCUT2D eigenvalue weighted by atomic mass is 32.1. The average Bonchev–Trinajstić information content (AvgIpc) is 3.20. The summed E-state index contributed by atoms with van der Waals surface area (Å²) in [6, 6.07) is 7.25. The standard InChI is InChI=1S/C22H17F6N3O2S/c1-2-33-19(32)10-18-12-34-20(30-18)31-29-11-13-3-5-14(6-4-13)15-7-16(21(23,24)25)9-17(8-15)22(26,27)28/h3-9,11-12H,2,10H2,1H3,(H,30,31). The Bertz CT molecular complexity index is 1140. The van der Waals surface area contributed by atoms with Gasteiger partial charge in [0.05, 0.1) is 36.1 Å². The smallest absolute Gasteiger partial charge is 0.416 e. The van der Waals surface area contributed by atoms with Crippen LogP contribution in [0.25, 0.3) is 11.1 Å². The minimum Gasteiger partial charge on any atom is -0.466 e. The highest BCUT2D eigenvalue weighted by Crippen LogP contribution is 2.38. The number of alkyl halides is 6. The molecule has 0 bridgehead atoms. The molecule has 0 atom stereocenters. The van der Waals surface area contributed by atoms with Gasteiger partial charge in [-0.15, -0.1) is 11.3 Å². The molecule has 5 nitrogen and oxygen atoms in total. The summed E-state index contributed by atoms with van der Waals surface area (Å²) in [6.45, 7) is 1.97. The number of rotatable bonds is 7. The van der Waals surface area contributed by atoms with Crippen molar-refractivity contribution in [2.24, 2.45) is 5.10 Å². The topological polar surface area (TPSA) is 63.6 Å². The van der Waals surface area contributed by atoms with Crippen molar-refractivity contribution in [1.82, 2.24) is 4.98 Å². The first-order chi connectivity index (χ1) is 16.0. The molecule has 0 saturated carbocycles. The molecule has 34 heavy (non-hydrogen) atoms. The third-order valence-electron chi connectivity index (χ3n) is 4.39. The first kappa shape index (κ1) is 25.2. The van der Waals surface area contributed by atoms with E-state index in [2.05, 4.69) is 15.5 Å². The maximum absolute atomic E-state index is 13.1. The minimum atomic E-state index is -4.92. The maximum Gasteiger partial charge on any atom is 0.416 e. The summed E-state index contributed by atoms with van der Waals surface area (Å²) in [5.74, 6) is -0.397. The SMILES string of the molecule is CCOC(=O)Cc1csc(NN=Cc2ccc(-c3cc(C(F)(F)F)cc(C(F)(F)F)c3)cc2)n1. The van der Waals surface area contributed by atoms with Gasteiger partial charge in [0.15, 0.2) is 0 Å². The van der Waals surface area contributed by atoms with Crippen LogP contribution in [-0.2, 0) is 28.3 Å². The molecule has 0 amide bonds. The quantitative estimate of drug-likeness (QED) is 0.176. The molecule has 0 fully saturated rings. The predicted molar refractivity (Wildman–Crippen MR) is 116 cm³/mol. The zero-order valence-electron chi connectivity index (χ0n) is 17.5. The number of ether oxygens (including phenoxy) is 1. The maximum atomic E-state index is 13.1. The van der Waals surface area contributed by atoms with E-state index in [1.807, 2.05) is 0 Å². The molecule has 1 aromatic heterocycles. The summed E-state index contributed by atoms with van der Waals surface area (Å²) in [5, 5.41) is 6.10. The normalized spacial score (nSPS) is 12.2. The number of anilines is 1. The van der Waals surface area contributed by atoms with Crippen molar-refractivity contribution in [3.05, 3.63) is 70.2 Å².